The third kappa shape index (κ3) is 3.76. The number of hydrogen-bond donors (Lipinski definition) is 2. The van der Waals surface area contributed by atoms with Crippen molar-refractivity contribution < 1.29 is 19.4 Å². The normalized spacial score (nSPS) is 13.7. The summed E-state index contributed by atoms with van der Waals surface area (Å²) in [7, 11) is 0. The highest BCUT2D eigenvalue weighted by molar-refractivity contribution is 7.17. The maximum Gasteiger partial charge on any atom is 0.339 e. The third-order valence-electron chi connectivity index (χ3n) is 4.00. The molecule has 126 valence electrons. The molecule has 1 amide bonds. The van der Waals surface area contributed by atoms with Crippen LogP contribution in [0.15, 0.2) is 30.3 Å². The Bertz CT molecular complexity index is 739. The van der Waals surface area contributed by atoms with Crippen LogP contribution in [0, 0.1) is 0 Å². The number of ether oxygens (including phenoxy) is 1. The van der Waals surface area contributed by atoms with Gasteiger partial charge in [-0.1, -0.05) is 24.6 Å². The van der Waals surface area contributed by atoms with Gasteiger partial charge in [-0.25, -0.2) is 4.79 Å². The van der Waals surface area contributed by atoms with E-state index < -0.39 is 5.97 Å². The smallest absolute Gasteiger partial charge is 0.339 e. The van der Waals surface area contributed by atoms with Gasteiger partial charge in [0.05, 0.1) is 5.56 Å². The summed E-state index contributed by atoms with van der Waals surface area (Å²) in [6, 6.07) is 9.05. The molecule has 1 aliphatic rings. The number of rotatable bonds is 5. The molecule has 0 saturated heterocycles. The zero-order valence-corrected chi connectivity index (χ0v) is 14.0. The fourth-order valence-corrected chi connectivity index (χ4v) is 4.18. The summed E-state index contributed by atoms with van der Waals surface area (Å²) in [5.74, 6) is -0.723. The van der Waals surface area contributed by atoms with Gasteiger partial charge in [0.15, 0.2) is 6.61 Å². The Kier molecular flexibility index (Phi) is 5.15. The van der Waals surface area contributed by atoms with Crippen LogP contribution in [0.1, 0.15) is 40.1 Å². The van der Waals surface area contributed by atoms with Gasteiger partial charge in [-0.15, -0.1) is 11.3 Å². The van der Waals surface area contributed by atoms with Gasteiger partial charge in [0.2, 0.25) is 0 Å². The van der Waals surface area contributed by atoms with Crippen molar-refractivity contribution in [3.8, 4) is 5.75 Å². The number of aryl methyl sites for hydroxylation is 1. The zero-order chi connectivity index (χ0) is 16.9. The predicted molar refractivity (Wildman–Crippen MR) is 93.1 cm³/mol. The Morgan fingerprint density at radius 3 is 2.62 bits per heavy atom. The number of hydrogen-bond acceptors (Lipinski definition) is 4. The van der Waals surface area contributed by atoms with Crippen LogP contribution in [-0.4, -0.2) is 23.6 Å². The lowest BCUT2D eigenvalue weighted by Crippen LogP contribution is -2.20. The van der Waals surface area contributed by atoms with E-state index in [2.05, 4.69) is 5.32 Å². The second-order valence-electron chi connectivity index (χ2n) is 5.72. The number of amides is 1. The summed E-state index contributed by atoms with van der Waals surface area (Å²) >= 11 is 1.39. The first kappa shape index (κ1) is 16.5. The Hall–Kier alpha value is -2.34. The molecule has 0 aliphatic heterocycles. The molecular weight excluding hydrogens is 326 g/mol. The SMILES string of the molecule is O=C(COc1ccccc1)Nc1sc2c(c1C(=O)O)CCCCC2. The van der Waals surface area contributed by atoms with Crippen molar-refractivity contribution >= 4 is 28.2 Å². The van der Waals surface area contributed by atoms with Crippen molar-refractivity contribution in [3.05, 3.63) is 46.3 Å². The largest absolute Gasteiger partial charge is 0.484 e. The molecule has 1 aliphatic carbocycles. The third-order valence-corrected chi connectivity index (χ3v) is 5.21. The van der Waals surface area contributed by atoms with E-state index in [1.807, 2.05) is 18.2 Å². The molecule has 0 saturated carbocycles. The van der Waals surface area contributed by atoms with E-state index in [0.29, 0.717) is 10.8 Å². The molecule has 24 heavy (non-hydrogen) atoms. The highest BCUT2D eigenvalue weighted by Gasteiger charge is 2.25. The second-order valence-corrected chi connectivity index (χ2v) is 6.83. The number of para-hydroxylation sites is 1. The molecule has 1 aromatic carbocycles. The van der Waals surface area contributed by atoms with Gasteiger partial charge in [-0.3, -0.25) is 4.79 Å². The number of carboxylic acid groups (broad SMARTS) is 1. The number of carbonyl (C=O) groups excluding carboxylic acids is 1. The summed E-state index contributed by atoms with van der Waals surface area (Å²) < 4.78 is 5.41. The van der Waals surface area contributed by atoms with E-state index in [9.17, 15) is 14.7 Å². The monoisotopic (exact) mass is 345 g/mol. The maximum atomic E-state index is 12.1. The van der Waals surface area contributed by atoms with Gasteiger partial charge in [-0.05, 0) is 43.4 Å². The van der Waals surface area contributed by atoms with E-state index in [0.717, 1.165) is 42.5 Å². The fourth-order valence-electron chi connectivity index (χ4n) is 2.89. The average Bonchev–Trinajstić information content (AvgIpc) is 2.75. The number of nitrogens with one attached hydrogen (secondary N) is 1. The molecule has 2 aromatic rings. The highest BCUT2D eigenvalue weighted by atomic mass is 32.1. The number of carboxylic acids is 1. The standard InChI is InChI=1S/C18H19NO4S/c20-15(11-23-12-7-3-1-4-8-12)19-17-16(18(21)22)13-9-5-2-6-10-14(13)24-17/h1,3-4,7-8H,2,5-6,9-11H2,(H,19,20)(H,21,22). The Morgan fingerprint density at radius 1 is 1.12 bits per heavy atom. The minimum atomic E-state index is -0.978. The predicted octanol–water partition coefficient (Wildman–Crippen LogP) is 3.73. The lowest BCUT2D eigenvalue weighted by Gasteiger charge is -2.07. The first-order valence-electron chi connectivity index (χ1n) is 8.00. The van der Waals surface area contributed by atoms with Crippen molar-refractivity contribution in [3.63, 3.8) is 0 Å². The zero-order valence-electron chi connectivity index (χ0n) is 13.2. The number of benzene rings is 1. The Balaban J connectivity index is 1.72. The van der Waals surface area contributed by atoms with E-state index in [-0.39, 0.29) is 18.1 Å². The van der Waals surface area contributed by atoms with Gasteiger partial charge in [0.25, 0.3) is 5.91 Å². The van der Waals surface area contributed by atoms with Crippen LogP contribution in [0.25, 0.3) is 0 Å². The molecule has 0 atom stereocenters. The van der Waals surface area contributed by atoms with Gasteiger partial charge in [0, 0.05) is 4.88 Å². The van der Waals surface area contributed by atoms with Crippen LogP contribution < -0.4 is 10.1 Å². The molecule has 0 unspecified atom stereocenters. The molecule has 2 N–H and O–H groups in total. The quantitative estimate of drug-likeness (QED) is 0.810. The van der Waals surface area contributed by atoms with Crippen molar-refractivity contribution in [2.75, 3.05) is 11.9 Å². The van der Waals surface area contributed by atoms with Crippen LogP contribution in [0.5, 0.6) is 5.75 Å². The summed E-state index contributed by atoms with van der Waals surface area (Å²) in [5.41, 5.74) is 1.15. The van der Waals surface area contributed by atoms with Crippen molar-refractivity contribution in [2.24, 2.45) is 0 Å². The van der Waals surface area contributed by atoms with Crippen molar-refractivity contribution in [1.82, 2.24) is 0 Å². The summed E-state index contributed by atoms with van der Waals surface area (Å²) in [6.07, 6.45) is 4.83. The number of thiophene rings is 1. The summed E-state index contributed by atoms with van der Waals surface area (Å²) in [6.45, 7) is -0.147. The van der Waals surface area contributed by atoms with E-state index in [1.54, 1.807) is 12.1 Å². The second kappa shape index (κ2) is 7.49. The minimum Gasteiger partial charge on any atom is -0.484 e. The van der Waals surface area contributed by atoms with Gasteiger partial charge >= 0.3 is 5.97 Å². The number of aromatic carboxylic acids is 1. The van der Waals surface area contributed by atoms with E-state index in [4.69, 9.17) is 4.74 Å². The summed E-state index contributed by atoms with van der Waals surface area (Å²) in [5, 5.41) is 12.7. The molecule has 3 rings (SSSR count). The van der Waals surface area contributed by atoms with Crippen LogP contribution in [0.2, 0.25) is 0 Å². The molecular formula is C18H19NO4S. The van der Waals surface area contributed by atoms with Crippen molar-refractivity contribution in [2.45, 2.75) is 32.1 Å². The molecule has 5 nitrogen and oxygen atoms in total. The van der Waals surface area contributed by atoms with E-state index in [1.165, 1.54) is 11.3 Å². The van der Waals surface area contributed by atoms with Crippen LogP contribution in [0.3, 0.4) is 0 Å². The molecule has 0 spiro atoms. The fraction of sp³-hybridized carbons (Fsp3) is 0.333. The molecule has 1 heterocycles. The topological polar surface area (TPSA) is 75.6 Å². The van der Waals surface area contributed by atoms with Gasteiger partial charge < -0.3 is 15.2 Å². The van der Waals surface area contributed by atoms with Gasteiger partial charge in [-0.2, -0.15) is 0 Å². The Labute approximate surface area is 144 Å². The molecule has 0 radical (unpaired) electrons. The first-order valence-corrected chi connectivity index (χ1v) is 8.82. The van der Waals surface area contributed by atoms with Crippen LogP contribution in [0.4, 0.5) is 5.00 Å². The lowest BCUT2D eigenvalue weighted by atomic mass is 10.1. The highest BCUT2D eigenvalue weighted by Crippen LogP contribution is 2.37. The lowest BCUT2D eigenvalue weighted by molar-refractivity contribution is -0.118. The summed E-state index contributed by atoms with van der Waals surface area (Å²) in [4.78, 5) is 24.9. The average molecular weight is 345 g/mol. The number of anilines is 1. The Morgan fingerprint density at radius 2 is 1.88 bits per heavy atom. The van der Waals surface area contributed by atoms with Gasteiger partial charge in [0.1, 0.15) is 10.8 Å². The number of fused-ring (bicyclic) bond motifs is 1. The van der Waals surface area contributed by atoms with E-state index >= 15 is 0 Å². The van der Waals surface area contributed by atoms with Crippen LogP contribution in [-0.2, 0) is 17.6 Å². The number of carbonyl (C=O) groups is 2. The van der Waals surface area contributed by atoms with Crippen molar-refractivity contribution in [1.29, 1.82) is 0 Å². The maximum absolute atomic E-state index is 12.1. The molecule has 0 bridgehead atoms. The first-order chi connectivity index (χ1) is 11.6. The minimum absolute atomic E-state index is 0.147. The molecule has 0 fully saturated rings. The molecule has 6 heteroatoms. The van der Waals surface area contributed by atoms with Crippen LogP contribution >= 0.6 is 11.3 Å². The molecule has 1 aromatic heterocycles.